The fraction of sp³-hybridized carbons (Fsp3) is 0.600. The van der Waals surface area contributed by atoms with E-state index in [9.17, 15) is 4.39 Å². The molecule has 2 rings (SSSR count). The number of hydrogen-bond acceptors (Lipinski definition) is 2. The molecule has 1 aliphatic heterocycles. The molecule has 1 fully saturated rings. The summed E-state index contributed by atoms with van der Waals surface area (Å²) < 4.78 is 13.7. The largest absolute Gasteiger partial charge is 0.379 e. The van der Waals surface area contributed by atoms with Gasteiger partial charge in [0.25, 0.3) is 0 Å². The number of halogens is 2. The van der Waals surface area contributed by atoms with Crippen molar-refractivity contribution < 1.29 is 4.39 Å². The van der Waals surface area contributed by atoms with Gasteiger partial charge in [0.15, 0.2) is 0 Å². The van der Waals surface area contributed by atoms with Gasteiger partial charge in [0.2, 0.25) is 0 Å². The van der Waals surface area contributed by atoms with Crippen LogP contribution in [0.3, 0.4) is 0 Å². The predicted molar refractivity (Wildman–Crippen MR) is 79.4 cm³/mol. The number of benzene rings is 1. The first-order chi connectivity index (χ1) is 9.16. The van der Waals surface area contributed by atoms with Gasteiger partial charge in [-0.15, -0.1) is 0 Å². The summed E-state index contributed by atoms with van der Waals surface area (Å²) >= 11 is 6.02. The van der Waals surface area contributed by atoms with Gasteiger partial charge in [0.05, 0.1) is 10.7 Å². The van der Waals surface area contributed by atoms with Crippen molar-refractivity contribution in [1.82, 2.24) is 5.32 Å². The Labute approximate surface area is 119 Å². The number of para-hydroxylation sites is 1. The second kappa shape index (κ2) is 7.11. The van der Waals surface area contributed by atoms with Crippen LogP contribution >= 0.6 is 11.6 Å². The molecule has 1 aromatic carbocycles. The van der Waals surface area contributed by atoms with Crippen LogP contribution < -0.4 is 10.6 Å². The molecular formula is C15H22ClFN2. The van der Waals surface area contributed by atoms with Gasteiger partial charge in [0, 0.05) is 12.1 Å². The Balaban J connectivity index is 1.91. The maximum Gasteiger partial charge on any atom is 0.147 e. The molecule has 1 aromatic rings. The highest BCUT2D eigenvalue weighted by molar-refractivity contribution is 6.33. The molecule has 0 amide bonds. The van der Waals surface area contributed by atoms with Crippen molar-refractivity contribution in [3.8, 4) is 0 Å². The first-order valence-corrected chi connectivity index (χ1v) is 7.48. The topological polar surface area (TPSA) is 24.1 Å². The third kappa shape index (κ3) is 4.36. The van der Waals surface area contributed by atoms with E-state index < -0.39 is 0 Å². The van der Waals surface area contributed by atoms with E-state index in [0.717, 1.165) is 13.0 Å². The van der Waals surface area contributed by atoms with Crippen molar-refractivity contribution in [2.24, 2.45) is 0 Å². The van der Waals surface area contributed by atoms with Crippen LogP contribution in [-0.2, 0) is 0 Å². The molecule has 0 aromatic heterocycles. The average Bonchev–Trinajstić information content (AvgIpc) is 2.63. The normalized spacial score (nSPS) is 21.7. The molecule has 0 bridgehead atoms. The zero-order chi connectivity index (χ0) is 13.7. The molecule has 0 radical (unpaired) electrons. The Hall–Kier alpha value is -0.800. The number of anilines is 1. The van der Waals surface area contributed by atoms with E-state index in [0.29, 0.717) is 16.8 Å². The standard InChI is InChI=1S/C15H22ClFN2/c1-11(10-12-6-3-2-4-9-18-12)19-15-13(16)7-5-8-14(15)17/h5,7-8,11-12,18-19H,2-4,6,9-10H2,1H3. The second-order valence-corrected chi connectivity index (χ2v) is 5.79. The highest BCUT2D eigenvalue weighted by Gasteiger charge is 2.16. The van der Waals surface area contributed by atoms with Gasteiger partial charge < -0.3 is 10.6 Å². The minimum Gasteiger partial charge on any atom is -0.379 e. The molecule has 1 aliphatic rings. The quantitative estimate of drug-likeness (QED) is 0.866. The minimum absolute atomic E-state index is 0.199. The van der Waals surface area contributed by atoms with Crippen molar-refractivity contribution in [2.75, 3.05) is 11.9 Å². The smallest absolute Gasteiger partial charge is 0.147 e. The summed E-state index contributed by atoms with van der Waals surface area (Å²) in [5.41, 5.74) is 0.422. The lowest BCUT2D eigenvalue weighted by molar-refractivity contribution is 0.455. The van der Waals surface area contributed by atoms with Gasteiger partial charge in [-0.25, -0.2) is 4.39 Å². The van der Waals surface area contributed by atoms with Crippen LogP contribution in [0.1, 0.15) is 39.0 Å². The van der Waals surface area contributed by atoms with Gasteiger partial charge in [-0.05, 0) is 44.9 Å². The SMILES string of the molecule is CC(CC1CCCCCN1)Nc1c(F)cccc1Cl. The summed E-state index contributed by atoms with van der Waals surface area (Å²) in [5, 5.41) is 7.21. The molecule has 1 heterocycles. The molecule has 19 heavy (non-hydrogen) atoms. The van der Waals surface area contributed by atoms with E-state index in [2.05, 4.69) is 17.6 Å². The molecule has 106 valence electrons. The summed E-state index contributed by atoms with van der Waals surface area (Å²) in [7, 11) is 0. The van der Waals surface area contributed by atoms with E-state index in [1.165, 1.54) is 31.7 Å². The monoisotopic (exact) mass is 284 g/mol. The lowest BCUT2D eigenvalue weighted by Crippen LogP contribution is -2.33. The van der Waals surface area contributed by atoms with Crippen LogP contribution in [0.15, 0.2) is 18.2 Å². The molecule has 2 nitrogen and oxygen atoms in total. The van der Waals surface area contributed by atoms with Crippen molar-refractivity contribution in [3.05, 3.63) is 29.0 Å². The first kappa shape index (κ1) is 14.6. The van der Waals surface area contributed by atoms with E-state index >= 15 is 0 Å². The summed E-state index contributed by atoms with van der Waals surface area (Å²) in [6.45, 7) is 3.17. The first-order valence-electron chi connectivity index (χ1n) is 7.10. The maximum atomic E-state index is 13.7. The van der Waals surface area contributed by atoms with Crippen molar-refractivity contribution in [1.29, 1.82) is 0 Å². The Bertz CT molecular complexity index is 383. The van der Waals surface area contributed by atoms with E-state index in [1.807, 2.05) is 0 Å². The fourth-order valence-corrected chi connectivity index (χ4v) is 2.89. The fourth-order valence-electron chi connectivity index (χ4n) is 2.67. The Morgan fingerprint density at radius 1 is 1.42 bits per heavy atom. The lowest BCUT2D eigenvalue weighted by Gasteiger charge is -2.23. The van der Waals surface area contributed by atoms with Crippen LogP contribution in [0.4, 0.5) is 10.1 Å². The summed E-state index contributed by atoms with van der Waals surface area (Å²) in [6, 6.07) is 5.50. The Morgan fingerprint density at radius 2 is 2.26 bits per heavy atom. The summed E-state index contributed by atoms with van der Waals surface area (Å²) in [5.74, 6) is -0.284. The number of nitrogens with one attached hydrogen (secondary N) is 2. The van der Waals surface area contributed by atoms with Gasteiger partial charge in [-0.2, -0.15) is 0 Å². The zero-order valence-corrected chi connectivity index (χ0v) is 12.1. The molecule has 2 atom stereocenters. The predicted octanol–water partition coefficient (Wildman–Crippen LogP) is 4.20. The maximum absolute atomic E-state index is 13.7. The molecule has 4 heteroatoms. The van der Waals surface area contributed by atoms with Gasteiger partial charge in [-0.1, -0.05) is 30.5 Å². The number of rotatable bonds is 4. The van der Waals surface area contributed by atoms with Crippen molar-refractivity contribution >= 4 is 17.3 Å². The van der Waals surface area contributed by atoms with Crippen LogP contribution in [0, 0.1) is 5.82 Å². The van der Waals surface area contributed by atoms with E-state index in [1.54, 1.807) is 12.1 Å². The Kier molecular flexibility index (Phi) is 5.46. The van der Waals surface area contributed by atoms with E-state index in [4.69, 9.17) is 11.6 Å². The highest BCUT2D eigenvalue weighted by atomic mass is 35.5. The average molecular weight is 285 g/mol. The van der Waals surface area contributed by atoms with Crippen LogP contribution in [-0.4, -0.2) is 18.6 Å². The van der Waals surface area contributed by atoms with Gasteiger partial charge in [0.1, 0.15) is 5.82 Å². The molecule has 0 spiro atoms. The zero-order valence-electron chi connectivity index (χ0n) is 11.4. The van der Waals surface area contributed by atoms with Crippen LogP contribution in [0.5, 0.6) is 0 Å². The highest BCUT2D eigenvalue weighted by Crippen LogP contribution is 2.26. The molecule has 2 unspecified atom stereocenters. The second-order valence-electron chi connectivity index (χ2n) is 5.38. The molecule has 2 N–H and O–H groups in total. The lowest BCUT2D eigenvalue weighted by atomic mass is 10.0. The van der Waals surface area contributed by atoms with Crippen molar-refractivity contribution in [3.63, 3.8) is 0 Å². The number of hydrogen-bond donors (Lipinski definition) is 2. The van der Waals surface area contributed by atoms with Crippen LogP contribution in [0.25, 0.3) is 0 Å². The third-order valence-corrected chi connectivity index (χ3v) is 3.97. The van der Waals surface area contributed by atoms with Crippen molar-refractivity contribution in [2.45, 2.75) is 51.1 Å². The van der Waals surface area contributed by atoms with E-state index in [-0.39, 0.29) is 11.9 Å². The van der Waals surface area contributed by atoms with Gasteiger partial charge in [-0.3, -0.25) is 0 Å². The third-order valence-electron chi connectivity index (χ3n) is 3.65. The minimum atomic E-state index is -0.284. The summed E-state index contributed by atoms with van der Waals surface area (Å²) in [4.78, 5) is 0. The molecule has 0 aliphatic carbocycles. The van der Waals surface area contributed by atoms with Crippen LogP contribution in [0.2, 0.25) is 5.02 Å². The summed E-state index contributed by atoms with van der Waals surface area (Å²) in [6.07, 6.45) is 6.05. The van der Waals surface area contributed by atoms with Gasteiger partial charge >= 0.3 is 0 Å². The Morgan fingerprint density at radius 3 is 3.05 bits per heavy atom. The molecular weight excluding hydrogens is 263 g/mol. The molecule has 1 saturated heterocycles. The molecule has 0 saturated carbocycles.